The third-order valence-corrected chi connectivity index (χ3v) is 3.26. The summed E-state index contributed by atoms with van der Waals surface area (Å²) in [6.07, 6.45) is 0.759. The van der Waals surface area contributed by atoms with E-state index in [1.807, 2.05) is 33.8 Å². The van der Waals surface area contributed by atoms with Crippen LogP contribution in [0.1, 0.15) is 37.1 Å². The molecule has 0 fully saturated rings. The Morgan fingerprint density at radius 2 is 2.05 bits per heavy atom. The third kappa shape index (κ3) is 4.44. The highest BCUT2D eigenvalue weighted by Crippen LogP contribution is 2.22. The van der Waals surface area contributed by atoms with Crippen molar-refractivity contribution in [1.29, 1.82) is 0 Å². The van der Waals surface area contributed by atoms with Gasteiger partial charge in [-0.2, -0.15) is 0 Å². The zero-order valence-electron chi connectivity index (χ0n) is 12.2. The smallest absolute Gasteiger partial charge is 0.224 e. The van der Waals surface area contributed by atoms with Crippen molar-refractivity contribution in [1.82, 2.24) is 4.98 Å². The second kappa shape index (κ2) is 6.30. The monoisotopic (exact) mass is 282 g/mol. The predicted molar refractivity (Wildman–Crippen MR) is 80.8 cm³/mol. The lowest BCUT2D eigenvalue weighted by Crippen LogP contribution is -2.25. The molecule has 106 valence electrons. The summed E-state index contributed by atoms with van der Waals surface area (Å²) in [6, 6.07) is 1.94. The molecule has 1 aromatic heterocycles. The molecule has 0 radical (unpaired) electrons. The molecule has 1 aromatic rings. The number of rotatable bonds is 6. The first-order valence-electron chi connectivity index (χ1n) is 6.23. The van der Waals surface area contributed by atoms with Gasteiger partial charge in [0.2, 0.25) is 5.88 Å². The number of hydrogen-bond acceptors (Lipinski definition) is 4. The van der Waals surface area contributed by atoms with E-state index < -0.39 is 0 Å². The van der Waals surface area contributed by atoms with Crippen LogP contribution in [0.5, 0.6) is 5.88 Å². The lowest BCUT2D eigenvalue weighted by Gasteiger charge is -2.23. The number of nitrogens with two attached hydrogens (primary N) is 1. The van der Waals surface area contributed by atoms with E-state index in [-0.39, 0.29) is 5.60 Å². The lowest BCUT2D eigenvalue weighted by molar-refractivity contribution is 0.00506. The molecule has 0 amide bonds. The molecule has 5 heteroatoms. The van der Waals surface area contributed by atoms with E-state index in [9.17, 15) is 0 Å². The van der Waals surface area contributed by atoms with Crippen LogP contribution in [0.15, 0.2) is 6.07 Å². The van der Waals surface area contributed by atoms with Gasteiger partial charge >= 0.3 is 0 Å². The topological polar surface area (TPSA) is 57.4 Å². The van der Waals surface area contributed by atoms with Gasteiger partial charge in [0.25, 0.3) is 0 Å². The summed E-state index contributed by atoms with van der Waals surface area (Å²) in [5.41, 5.74) is 8.11. The number of ether oxygens (including phenoxy) is 2. The molecule has 0 aliphatic carbocycles. The number of aromatic nitrogens is 1. The lowest BCUT2D eigenvalue weighted by atomic mass is 10.1. The predicted octanol–water partition coefficient (Wildman–Crippen LogP) is 2.53. The Morgan fingerprint density at radius 3 is 2.58 bits per heavy atom. The van der Waals surface area contributed by atoms with Gasteiger partial charge in [-0.1, -0.05) is 12.2 Å². The molecule has 1 rings (SSSR count). The first-order valence-corrected chi connectivity index (χ1v) is 6.63. The van der Waals surface area contributed by atoms with Crippen LogP contribution in [0.3, 0.4) is 0 Å². The largest absolute Gasteiger partial charge is 0.477 e. The van der Waals surface area contributed by atoms with Crippen LogP contribution >= 0.6 is 12.2 Å². The first kappa shape index (κ1) is 15.9. The van der Waals surface area contributed by atoms with Gasteiger partial charge in [-0.05, 0) is 39.3 Å². The SMILES string of the molecule is COC(C)(C)CCOc1nc(C)cc(C)c1C(N)=S. The van der Waals surface area contributed by atoms with Gasteiger partial charge in [0.15, 0.2) is 0 Å². The van der Waals surface area contributed by atoms with Crippen LogP contribution in [0, 0.1) is 13.8 Å². The van der Waals surface area contributed by atoms with Crippen molar-refractivity contribution in [3.05, 3.63) is 22.9 Å². The second-order valence-electron chi connectivity index (χ2n) is 5.19. The second-order valence-corrected chi connectivity index (χ2v) is 5.63. The van der Waals surface area contributed by atoms with E-state index in [1.54, 1.807) is 7.11 Å². The van der Waals surface area contributed by atoms with E-state index in [1.165, 1.54) is 0 Å². The molecule has 0 aliphatic rings. The van der Waals surface area contributed by atoms with Crippen molar-refractivity contribution in [2.75, 3.05) is 13.7 Å². The zero-order valence-corrected chi connectivity index (χ0v) is 13.1. The normalized spacial score (nSPS) is 11.4. The van der Waals surface area contributed by atoms with Crippen LogP contribution in [0.25, 0.3) is 0 Å². The molecule has 0 atom stereocenters. The zero-order chi connectivity index (χ0) is 14.6. The molecule has 0 unspecified atom stereocenters. The Kier molecular flexibility index (Phi) is 5.26. The fourth-order valence-corrected chi connectivity index (χ4v) is 1.95. The van der Waals surface area contributed by atoms with Gasteiger partial charge in [-0.3, -0.25) is 0 Å². The van der Waals surface area contributed by atoms with Crippen molar-refractivity contribution in [3.63, 3.8) is 0 Å². The number of pyridine rings is 1. The number of hydrogen-bond donors (Lipinski definition) is 1. The third-order valence-electron chi connectivity index (χ3n) is 3.05. The van der Waals surface area contributed by atoms with E-state index in [0.29, 0.717) is 17.5 Å². The van der Waals surface area contributed by atoms with E-state index in [2.05, 4.69) is 4.98 Å². The number of thiocarbonyl (C=S) groups is 1. The molecule has 4 nitrogen and oxygen atoms in total. The van der Waals surface area contributed by atoms with Crippen molar-refractivity contribution >= 4 is 17.2 Å². The number of methoxy groups -OCH3 is 1. The van der Waals surface area contributed by atoms with Gasteiger partial charge in [-0.15, -0.1) is 0 Å². The Balaban J connectivity index is 2.86. The van der Waals surface area contributed by atoms with Gasteiger partial charge in [0.05, 0.1) is 17.8 Å². The van der Waals surface area contributed by atoms with Gasteiger partial charge in [0.1, 0.15) is 4.99 Å². The first-order chi connectivity index (χ1) is 8.76. The Morgan fingerprint density at radius 1 is 1.42 bits per heavy atom. The standard InChI is InChI=1S/C14H22N2O2S/c1-9-8-10(2)16-13(11(9)12(15)19)18-7-6-14(3,4)17-5/h8H,6-7H2,1-5H3,(H2,15,19). The maximum absolute atomic E-state index is 5.74. The van der Waals surface area contributed by atoms with Crippen molar-refractivity contribution in [3.8, 4) is 5.88 Å². The molecule has 0 bridgehead atoms. The average Bonchev–Trinajstić information content (AvgIpc) is 2.27. The minimum absolute atomic E-state index is 0.220. The average molecular weight is 282 g/mol. The van der Waals surface area contributed by atoms with Crippen LogP contribution in [0.2, 0.25) is 0 Å². The minimum atomic E-state index is -0.220. The summed E-state index contributed by atoms with van der Waals surface area (Å²) in [5, 5.41) is 0. The summed E-state index contributed by atoms with van der Waals surface area (Å²) < 4.78 is 11.1. The van der Waals surface area contributed by atoms with Gasteiger partial charge < -0.3 is 15.2 Å². The van der Waals surface area contributed by atoms with Gasteiger partial charge in [-0.25, -0.2) is 4.98 Å². The highest BCUT2D eigenvalue weighted by molar-refractivity contribution is 7.80. The van der Waals surface area contributed by atoms with E-state index in [4.69, 9.17) is 27.4 Å². The Labute approximate surface area is 120 Å². The molecule has 0 spiro atoms. The molecule has 0 aliphatic heterocycles. The summed E-state index contributed by atoms with van der Waals surface area (Å²) >= 11 is 5.06. The molecular formula is C14H22N2O2S. The van der Waals surface area contributed by atoms with Crippen LogP contribution in [0.4, 0.5) is 0 Å². The maximum Gasteiger partial charge on any atom is 0.224 e. The van der Waals surface area contributed by atoms with Crippen molar-refractivity contribution < 1.29 is 9.47 Å². The number of aryl methyl sites for hydroxylation is 2. The summed E-state index contributed by atoms with van der Waals surface area (Å²) in [5.74, 6) is 0.511. The Bertz CT molecular complexity index is 473. The molecule has 0 saturated carbocycles. The summed E-state index contributed by atoms with van der Waals surface area (Å²) in [7, 11) is 1.69. The maximum atomic E-state index is 5.74. The molecule has 0 aromatic carbocycles. The highest BCUT2D eigenvalue weighted by Gasteiger charge is 2.18. The number of nitrogens with zero attached hydrogens (tertiary/aromatic N) is 1. The molecule has 2 N–H and O–H groups in total. The fourth-order valence-electron chi connectivity index (χ4n) is 1.70. The minimum Gasteiger partial charge on any atom is -0.477 e. The van der Waals surface area contributed by atoms with Crippen molar-refractivity contribution in [2.45, 2.75) is 39.7 Å². The van der Waals surface area contributed by atoms with Crippen molar-refractivity contribution in [2.24, 2.45) is 5.73 Å². The Hall–Kier alpha value is -1.20. The molecule has 1 heterocycles. The van der Waals surface area contributed by atoms with E-state index >= 15 is 0 Å². The highest BCUT2D eigenvalue weighted by atomic mass is 32.1. The summed E-state index contributed by atoms with van der Waals surface area (Å²) in [4.78, 5) is 4.68. The van der Waals surface area contributed by atoms with Crippen LogP contribution in [-0.2, 0) is 4.74 Å². The molecule has 19 heavy (non-hydrogen) atoms. The fraction of sp³-hybridized carbons (Fsp3) is 0.571. The quantitative estimate of drug-likeness (QED) is 0.813. The van der Waals surface area contributed by atoms with Crippen LogP contribution in [-0.4, -0.2) is 29.3 Å². The van der Waals surface area contributed by atoms with Crippen LogP contribution < -0.4 is 10.5 Å². The summed E-state index contributed by atoms with van der Waals surface area (Å²) in [6.45, 7) is 8.41. The van der Waals surface area contributed by atoms with Gasteiger partial charge in [0, 0.05) is 19.2 Å². The molecular weight excluding hydrogens is 260 g/mol. The van der Waals surface area contributed by atoms with E-state index in [0.717, 1.165) is 23.2 Å². The molecule has 0 saturated heterocycles.